The number of rotatable bonds is 4. The van der Waals surface area contributed by atoms with E-state index >= 15 is 0 Å². The Labute approximate surface area is 114 Å². The van der Waals surface area contributed by atoms with E-state index in [1.165, 1.54) is 25.7 Å². The molecule has 104 valence electrons. The Morgan fingerprint density at radius 3 is 2.89 bits per heavy atom. The minimum Gasteiger partial charge on any atom is -0.347 e. The fourth-order valence-electron chi connectivity index (χ4n) is 3.23. The minimum absolute atomic E-state index is 0.178. The summed E-state index contributed by atoms with van der Waals surface area (Å²) in [6, 6.07) is 0.178. The molecule has 2 fully saturated rings. The predicted octanol–water partition coefficient (Wildman–Crippen LogP) is 3.04. The van der Waals surface area contributed by atoms with Crippen LogP contribution in [0.4, 0.5) is 0 Å². The molecule has 1 saturated carbocycles. The Morgan fingerprint density at radius 1 is 1.32 bits per heavy atom. The number of nitrogens with zero attached hydrogens (tertiary/aromatic N) is 2. The van der Waals surface area contributed by atoms with Crippen LogP contribution in [0.2, 0.25) is 0 Å². The van der Waals surface area contributed by atoms with Crippen LogP contribution in [0.25, 0.3) is 0 Å². The quantitative estimate of drug-likeness (QED) is 0.905. The standard InChI is InChI=1S/C15H23N3O/c19-14(8-7-12-4-3-5-12)18-11-2-1-6-13(18)15-16-9-10-17-15/h9-10,12-13H,1-8,11H2,(H,16,17). The van der Waals surface area contributed by atoms with Crippen LogP contribution in [0.1, 0.15) is 63.2 Å². The molecule has 1 N–H and O–H groups in total. The van der Waals surface area contributed by atoms with E-state index in [1.807, 2.05) is 6.20 Å². The monoisotopic (exact) mass is 261 g/mol. The lowest BCUT2D eigenvalue weighted by molar-refractivity contribution is -0.135. The molecule has 1 aliphatic heterocycles. The van der Waals surface area contributed by atoms with Crippen molar-refractivity contribution in [3.05, 3.63) is 18.2 Å². The summed E-state index contributed by atoms with van der Waals surface area (Å²) in [4.78, 5) is 22.0. The number of carbonyl (C=O) groups excluding carboxylic acids is 1. The maximum Gasteiger partial charge on any atom is 0.223 e. The van der Waals surface area contributed by atoms with Gasteiger partial charge in [-0.1, -0.05) is 19.3 Å². The topological polar surface area (TPSA) is 49.0 Å². The summed E-state index contributed by atoms with van der Waals surface area (Å²) in [7, 11) is 0. The largest absolute Gasteiger partial charge is 0.347 e. The molecule has 1 unspecified atom stereocenters. The van der Waals surface area contributed by atoms with Crippen molar-refractivity contribution in [3.63, 3.8) is 0 Å². The van der Waals surface area contributed by atoms with Crippen molar-refractivity contribution >= 4 is 5.91 Å². The molecular formula is C15H23N3O. The van der Waals surface area contributed by atoms with Gasteiger partial charge in [0, 0.05) is 25.4 Å². The molecule has 1 amide bonds. The number of H-pyrrole nitrogens is 1. The first-order valence-corrected chi connectivity index (χ1v) is 7.63. The number of nitrogens with one attached hydrogen (secondary N) is 1. The summed E-state index contributed by atoms with van der Waals surface area (Å²) in [6.07, 6.45) is 12.8. The summed E-state index contributed by atoms with van der Waals surface area (Å²) in [6.45, 7) is 0.898. The van der Waals surface area contributed by atoms with Crippen molar-refractivity contribution in [1.29, 1.82) is 0 Å². The van der Waals surface area contributed by atoms with Gasteiger partial charge in [0.05, 0.1) is 6.04 Å². The normalized spacial score (nSPS) is 24.2. The SMILES string of the molecule is O=C(CCC1CCC1)N1CCCCC1c1ncc[nH]1. The van der Waals surface area contributed by atoms with Gasteiger partial charge in [0.1, 0.15) is 5.82 Å². The van der Waals surface area contributed by atoms with Crippen LogP contribution in [0.15, 0.2) is 12.4 Å². The van der Waals surface area contributed by atoms with Gasteiger partial charge in [0.2, 0.25) is 5.91 Å². The van der Waals surface area contributed by atoms with Crippen LogP contribution in [0.3, 0.4) is 0 Å². The second-order valence-corrected chi connectivity index (χ2v) is 5.91. The van der Waals surface area contributed by atoms with Crippen molar-refractivity contribution in [1.82, 2.24) is 14.9 Å². The number of piperidine rings is 1. The number of imidazole rings is 1. The molecule has 4 nitrogen and oxygen atoms in total. The maximum absolute atomic E-state index is 12.4. The minimum atomic E-state index is 0.178. The molecule has 0 radical (unpaired) electrons. The number of hydrogen-bond acceptors (Lipinski definition) is 2. The first kappa shape index (κ1) is 12.7. The Balaban J connectivity index is 1.60. The summed E-state index contributed by atoms with van der Waals surface area (Å²) in [5.41, 5.74) is 0. The Kier molecular flexibility index (Phi) is 3.85. The van der Waals surface area contributed by atoms with Crippen molar-refractivity contribution in [2.24, 2.45) is 5.92 Å². The maximum atomic E-state index is 12.4. The third kappa shape index (κ3) is 2.82. The van der Waals surface area contributed by atoms with E-state index in [0.29, 0.717) is 5.91 Å². The first-order valence-electron chi connectivity index (χ1n) is 7.63. The van der Waals surface area contributed by atoms with E-state index in [0.717, 1.165) is 44.0 Å². The summed E-state index contributed by atoms with van der Waals surface area (Å²) in [5, 5.41) is 0. The van der Waals surface area contributed by atoms with Crippen LogP contribution in [-0.2, 0) is 4.79 Å². The molecule has 0 aromatic carbocycles. The number of hydrogen-bond donors (Lipinski definition) is 1. The lowest BCUT2D eigenvalue weighted by Gasteiger charge is -2.35. The Bertz CT molecular complexity index is 411. The summed E-state index contributed by atoms with van der Waals surface area (Å²) in [5.74, 6) is 2.10. The van der Waals surface area contributed by atoms with Gasteiger partial charge in [-0.15, -0.1) is 0 Å². The highest BCUT2D eigenvalue weighted by Gasteiger charge is 2.30. The molecule has 1 aromatic rings. The molecule has 1 saturated heterocycles. The lowest BCUT2D eigenvalue weighted by atomic mass is 9.82. The molecule has 0 bridgehead atoms. The summed E-state index contributed by atoms with van der Waals surface area (Å²) < 4.78 is 0. The van der Waals surface area contributed by atoms with E-state index in [2.05, 4.69) is 14.9 Å². The lowest BCUT2D eigenvalue weighted by Crippen LogP contribution is -2.39. The highest BCUT2D eigenvalue weighted by Crippen LogP contribution is 2.33. The molecule has 3 rings (SSSR count). The van der Waals surface area contributed by atoms with Crippen molar-refractivity contribution in [2.45, 2.75) is 57.4 Å². The van der Waals surface area contributed by atoms with Gasteiger partial charge in [-0.2, -0.15) is 0 Å². The second-order valence-electron chi connectivity index (χ2n) is 5.91. The van der Waals surface area contributed by atoms with Crippen LogP contribution in [-0.4, -0.2) is 27.3 Å². The van der Waals surface area contributed by atoms with Crippen molar-refractivity contribution in [3.8, 4) is 0 Å². The fraction of sp³-hybridized carbons (Fsp3) is 0.733. The van der Waals surface area contributed by atoms with E-state index < -0.39 is 0 Å². The van der Waals surface area contributed by atoms with Crippen molar-refractivity contribution < 1.29 is 4.79 Å². The Morgan fingerprint density at radius 2 is 2.21 bits per heavy atom. The van der Waals surface area contributed by atoms with Crippen LogP contribution in [0.5, 0.6) is 0 Å². The number of likely N-dealkylation sites (tertiary alicyclic amines) is 1. The second kappa shape index (κ2) is 5.76. The van der Waals surface area contributed by atoms with Crippen molar-refractivity contribution in [2.75, 3.05) is 6.54 Å². The number of aromatic nitrogens is 2. The smallest absolute Gasteiger partial charge is 0.223 e. The highest BCUT2D eigenvalue weighted by atomic mass is 16.2. The van der Waals surface area contributed by atoms with E-state index in [4.69, 9.17) is 0 Å². The van der Waals surface area contributed by atoms with E-state index in [9.17, 15) is 4.79 Å². The highest BCUT2D eigenvalue weighted by molar-refractivity contribution is 5.76. The molecule has 19 heavy (non-hydrogen) atoms. The van der Waals surface area contributed by atoms with E-state index in [1.54, 1.807) is 6.20 Å². The number of carbonyl (C=O) groups is 1. The first-order chi connectivity index (χ1) is 9.34. The Hall–Kier alpha value is -1.32. The van der Waals surface area contributed by atoms with Gasteiger partial charge in [-0.3, -0.25) is 4.79 Å². The zero-order valence-electron chi connectivity index (χ0n) is 11.5. The van der Waals surface area contributed by atoms with Gasteiger partial charge in [0.25, 0.3) is 0 Å². The van der Waals surface area contributed by atoms with Crippen LogP contribution < -0.4 is 0 Å². The zero-order chi connectivity index (χ0) is 13.1. The third-order valence-corrected chi connectivity index (χ3v) is 4.65. The molecule has 1 aliphatic carbocycles. The number of aromatic amines is 1. The molecule has 4 heteroatoms. The molecule has 0 spiro atoms. The van der Waals surface area contributed by atoms with Gasteiger partial charge in [-0.25, -0.2) is 4.98 Å². The average molecular weight is 261 g/mol. The molecular weight excluding hydrogens is 238 g/mol. The zero-order valence-corrected chi connectivity index (χ0v) is 11.5. The van der Waals surface area contributed by atoms with Gasteiger partial charge in [-0.05, 0) is 31.6 Å². The number of amides is 1. The molecule has 2 heterocycles. The molecule has 1 aromatic heterocycles. The fourth-order valence-corrected chi connectivity index (χ4v) is 3.23. The van der Waals surface area contributed by atoms with Gasteiger partial charge >= 0.3 is 0 Å². The van der Waals surface area contributed by atoms with Gasteiger partial charge in [0.15, 0.2) is 0 Å². The van der Waals surface area contributed by atoms with E-state index in [-0.39, 0.29) is 6.04 Å². The predicted molar refractivity (Wildman–Crippen MR) is 73.5 cm³/mol. The molecule has 1 atom stereocenters. The van der Waals surface area contributed by atoms with Crippen LogP contribution in [0, 0.1) is 5.92 Å². The third-order valence-electron chi connectivity index (χ3n) is 4.65. The summed E-state index contributed by atoms with van der Waals surface area (Å²) >= 11 is 0. The molecule has 2 aliphatic rings. The van der Waals surface area contributed by atoms with Gasteiger partial charge < -0.3 is 9.88 Å². The van der Waals surface area contributed by atoms with Crippen LogP contribution >= 0.6 is 0 Å². The average Bonchev–Trinajstić information content (AvgIpc) is 2.90.